The summed E-state index contributed by atoms with van der Waals surface area (Å²) in [5.41, 5.74) is 1.50. The molecule has 38 heavy (non-hydrogen) atoms. The van der Waals surface area contributed by atoms with Gasteiger partial charge in [-0.15, -0.1) is 0 Å². The first-order valence-electron chi connectivity index (χ1n) is 11.0. The van der Waals surface area contributed by atoms with E-state index < -0.39 is 17.8 Å². The zero-order valence-corrected chi connectivity index (χ0v) is 21.1. The molecule has 1 N–H and O–H groups in total. The van der Waals surface area contributed by atoms with Crippen molar-refractivity contribution in [3.8, 4) is 17.6 Å². The molecule has 0 fully saturated rings. The fourth-order valence-electron chi connectivity index (χ4n) is 3.58. The number of ether oxygens (including phenoxy) is 2. The number of nitrogens with zero attached hydrogens (tertiary/aromatic N) is 5. The lowest BCUT2D eigenvalue weighted by atomic mass is 10.1. The van der Waals surface area contributed by atoms with Crippen LogP contribution in [-0.2, 0) is 27.5 Å². The third kappa shape index (κ3) is 5.94. The van der Waals surface area contributed by atoms with Gasteiger partial charge in [-0.2, -0.15) is 10.4 Å². The summed E-state index contributed by atoms with van der Waals surface area (Å²) in [5.74, 6) is -2.47. The number of hydrogen-bond acceptors (Lipinski definition) is 7. The maximum Gasteiger partial charge on any atom is 0.308 e. The Kier molecular flexibility index (Phi) is 7.94. The predicted octanol–water partition coefficient (Wildman–Crippen LogP) is 5.50. The average molecular weight is 578 g/mol. The Balaban J connectivity index is 1.61. The molecule has 4 rings (SSSR count). The van der Waals surface area contributed by atoms with Gasteiger partial charge < -0.3 is 14.6 Å². The maximum atomic E-state index is 15.6. The Morgan fingerprint density at radius 3 is 2.79 bits per heavy atom. The molecule has 0 saturated carbocycles. The van der Waals surface area contributed by atoms with Crippen LogP contribution in [0.4, 0.5) is 10.1 Å². The minimum absolute atomic E-state index is 0.0448. The number of hydrogen-bond donors (Lipinski definition) is 1. The molecule has 0 unspecified atom stereocenters. The fourth-order valence-corrected chi connectivity index (χ4v) is 3.97. The zero-order valence-electron chi connectivity index (χ0n) is 19.5. The third-order valence-corrected chi connectivity index (χ3v) is 5.96. The molecule has 0 spiro atoms. The van der Waals surface area contributed by atoms with Crippen LogP contribution in [0.2, 0.25) is 0 Å². The van der Waals surface area contributed by atoms with Crippen molar-refractivity contribution in [1.29, 1.82) is 5.26 Å². The number of carbonyl (C=O) groups excluding carboxylic acids is 1. The Bertz CT molecular complexity index is 1610. The predicted molar refractivity (Wildman–Crippen MR) is 135 cm³/mol. The maximum absolute atomic E-state index is 15.6. The molecule has 2 aromatic heterocycles. The lowest BCUT2D eigenvalue weighted by molar-refractivity contribution is -0.150. The summed E-state index contributed by atoms with van der Waals surface area (Å²) in [6.45, 7) is 6.92. The standard InChI is InChI=1S/C26H17BrFN5O5/c1-30-17-9-15(13-29)10-18(12-17)38-25-20(27)5-4-16(24(25)28)11-21-19-3-2-8-31-26(19)33(32-21)14-37-23(36)7-6-22(34)35/h2-5,8-10,12H,6-7,11,14H2,(H,34,35). The molecular weight excluding hydrogens is 561 g/mol. The number of nitriles is 1. The lowest BCUT2D eigenvalue weighted by Gasteiger charge is -2.12. The molecule has 0 aliphatic rings. The van der Waals surface area contributed by atoms with Crippen LogP contribution in [-0.4, -0.2) is 31.8 Å². The number of carbonyl (C=O) groups is 2. The molecular formula is C26H17BrFN5O5. The van der Waals surface area contributed by atoms with Gasteiger partial charge in [0.05, 0.1) is 35.6 Å². The number of fused-ring (bicyclic) bond motifs is 1. The fraction of sp³-hybridized carbons (Fsp3) is 0.154. The van der Waals surface area contributed by atoms with Gasteiger partial charge >= 0.3 is 11.9 Å². The van der Waals surface area contributed by atoms with Gasteiger partial charge in [0.2, 0.25) is 0 Å². The minimum atomic E-state index is -1.11. The van der Waals surface area contributed by atoms with Crippen molar-refractivity contribution in [2.75, 3.05) is 0 Å². The molecule has 2 aromatic carbocycles. The Labute approximate surface area is 223 Å². The molecule has 0 aliphatic heterocycles. The number of rotatable bonds is 9. The molecule has 12 heteroatoms. The number of halogens is 2. The second-order valence-electron chi connectivity index (χ2n) is 7.93. The van der Waals surface area contributed by atoms with Crippen LogP contribution < -0.4 is 4.74 Å². The van der Waals surface area contributed by atoms with Crippen LogP contribution in [0.5, 0.6) is 11.5 Å². The third-order valence-electron chi connectivity index (χ3n) is 5.33. The number of benzene rings is 2. The van der Waals surface area contributed by atoms with E-state index >= 15 is 4.39 Å². The van der Waals surface area contributed by atoms with Crippen LogP contribution in [0.15, 0.2) is 53.1 Å². The van der Waals surface area contributed by atoms with E-state index in [2.05, 4.69) is 30.9 Å². The largest absolute Gasteiger partial charge is 0.481 e. The van der Waals surface area contributed by atoms with Crippen LogP contribution in [0, 0.1) is 23.7 Å². The second kappa shape index (κ2) is 11.5. The van der Waals surface area contributed by atoms with Crippen molar-refractivity contribution in [3.05, 3.63) is 87.2 Å². The summed E-state index contributed by atoms with van der Waals surface area (Å²) in [6, 6.07) is 12.8. The molecule has 190 valence electrons. The summed E-state index contributed by atoms with van der Waals surface area (Å²) in [5, 5.41) is 23.0. The summed E-state index contributed by atoms with van der Waals surface area (Å²) in [4.78, 5) is 30.1. The van der Waals surface area contributed by atoms with Crippen molar-refractivity contribution in [1.82, 2.24) is 14.8 Å². The number of carboxylic acid groups (broad SMARTS) is 1. The summed E-state index contributed by atoms with van der Waals surface area (Å²) in [6.07, 6.45) is 0.949. The quantitative estimate of drug-likeness (QED) is 0.203. The number of pyridine rings is 1. The first kappa shape index (κ1) is 26.3. The van der Waals surface area contributed by atoms with Gasteiger partial charge in [0, 0.05) is 23.6 Å². The number of aliphatic carboxylic acids is 1. The highest BCUT2D eigenvalue weighted by molar-refractivity contribution is 9.10. The zero-order chi connectivity index (χ0) is 27.2. The molecule has 10 nitrogen and oxygen atoms in total. The van der Waals surface area contributed by atoms with Crippen molar-refractivity contribution >= 4 is 44.6 Å². The molecule has 0 atom stereocenters. The van der Waals surface area contributed by atoms with Gasteiger partial charge in [-0.1, -0.05) is 6.07 Å². The molecule has 0 radical (unpaired) electrons. The molecule has 0 aliphatic carbocycles. The highest BCUT2D eigenvalue weighted by atomic mass is 79.9. The van der Waals surface area contributed by atoms with Crippen LogP contribution >= 0.6 is 15.9 Å². The van der Waals surface area contributed by atoms with E-state index in [4.69, 9.17) is 21.2 Å². The second-order valence-corrected chi connectivity index (χ2v) is 8.78. The van der Waals surface area contributed by atoms with Gasteiger partial charge in [-0.3, -0.25) is 9.59 Å². The van der Waals surface area contributed by atoms with Crippen molar-refractivity contribution in [3.63, 3.8) is 0 Å². The number of aromatic nitrogens is 3. The first-order valence-corrected chi connectivity index (χ1v) is 11.8. The Hall–Kier alpha value is -4.81. The van der Waals surface area contributed by atoms with E-state index in [9.17, 15) is 14.9 Å². The SMILES string of the molecule is [C-]#[N+]c1cc(C#N)cc(Oc2c(Br)ccc(Cc3nn(COC(=O)CCC(=O)O)c4ncccc34)c2F)c1. The van der Waals surface area contributed by atoms with E-state index in [1.807, 2.05) is 6.07 Å². The molecule has 4 aromatic rings. The smallest absolute Gasteiger partial charge is 0.308 e. The normalized spacial score (nSPS) is 10.5. The summed E-state index contributed by atoms with van der Waals surface area (Å²) < 4.78 is 28.2. The molecule has 0 bridgehead atoms. The van der Waals surface area contributed by atoms with E-state index in [0.29, 0.717) is 21.2 Å². The van der Waals surface area contributed by atoms with Gasteiger partial charge in [0.1, 0.15) is 5.75 Å². The van der Waals surface area contributed by atoms with Gasteiger partial charge in [0.25, 0.3) is 0 Å². The van der Waals surface area contributed by atoms with Crippen LogP contribution in [0.1, 0.15) is 29.7 Å². The van der Waals surface area contributed by atoms with Crippen molar-refractivity contribution in [2.24, 2.45) is 0 Å². The van der Waals surface area contributed by atoms with Gasteiger partial charge in [0.15, 0.2) is 29.6 Å². The average Bonchev–Trinajstić information content (AvgIpc) is 3.27. The summed E-state index contributed by atoms with van der Waals surface area (Å²) in [7, 11) is 0. The topological polar surface area (TPSA) is 132 Å². The molecule has 0 amide bonds. The number of esters is 1. The number of carboxylic acids is 1. The van der Waals surface area contributed by atoms with Crippen LogP contribution in [0.25, 0.3) is 15.9 Å². The molecule has 0 saturated heterocycles. The van der Waals surface area contributed by atoms with E-state index in [1.165, 1.54) is 29.1 Å². The first-order chi connectivity index (χ1) is 18.3. The minimum Gasteiger partial charge on any atom is -0.481 e. The van der Waals surface area contributed by atoms with Crippen molar-refractivity contribution in [2.45, 2.75) is 26.0 Å². The summed E-state index contributed by atoms with van der Waals surface area (Å²) >= 11 is 3.29. The van der Waals surface area contributed by atoms with Gasteiger partial charge in [-0.25, -0.2) is 18.9 Å². The Morgan fingerprint density at radius 2 is 2.05 bits per heavy atom. The monoisotopic (exact) mass is 577 g/mol. The van der Waals surface area contributed by atoms with E-state index in [-0.39, 0.29) is 54.3 Å². The van der Waals surface area contributed by atoms with Gasteiger partial charge in [-0.05, 0) is 57.9 Å². The van der Waals surface area contributed by atoms with E-state index in [1.54, 1.807) is 24.3 Å². The molecule has 2 heterocycles. The lowest BCUT2D eigenvalue weighted by Crippen LogP contribution is -2.12. The van der Waals surface area contributed by atoms with Crippen molar-refractivity contribution < 1.29 is 28.6 Å². The van der Waals surface area contributed by atoms with E-state index in [0.717, 1.165) is 0 Å². The Morgan fingerprint density at radius 1 is 1.24 bits per heavy atom. The van der Waals surface area contributed by atoms with Crippen LogP contribution in [0.3, 0.4) is 0 Å². The highest BCUT2D eigenvalue weighted by Crippen LogP contribution is 2.36. The highest BCUT2D eigenvalue weighted by Gasteiger charge is 2.19.